The highest BCUT2D eigenvalue weighted by Gasteiger charge is 2.20. The number of hydrogen-bond donors (Lipinski definition) is 1. The van der Waals surface area contributed by atoms with Crippen molar-refractivity contribution in [1.29, 1.82) is 0 Å². The van der Waals surface area contributed by atoms with Gasteiger partial charge in [-0.25, -0.2) is 0 Å². The summed E-state index contributed by atoms with van der Waals surface area (Å²) in [5.74, 6) is 0.871. The standard InChI is InChI=1S/C12H20N2O2/c1-3-12-7-10(4-5-15-12)13-8-11-6-9(2)16-14-11/h6,10,12-13H,3-5,7-8H2,1-2H3. The maximum Gasteiger partial charge on any atom is 0.133 e. The Bertz CT molecular complexity index is 325. The molecule has 1 aliphatic rings. The van der Waals surface area contributed by atoms with E-state index >= 15 is 0 Å². The van der Waals surface area contributed by atoms with Crippen molar-refractivity contribution in [2.45, 2.75) is 51.8 Å². The minimum atomic E-state index is 0.422. The summed E-state index contributed by atoms with van der Waals surface area (Å²) < 4.78 is 10.7. The van der Waals surface area contributed by atoms with Crippen molar-refractivity contribution < 1.29 is 9.26 Å². The fourth-order valence-corrected chi connectivity index (χ4v) is 2.10. The molecule has 1 saturated heterocycles. The van der Waals surface area contributed by atoms with Gasteiger partial charge in [0.05, 0.1) is 11.8 Å². The lowest BCUT2D eigenvalue weighted by Gasteiger charge is -2.29. The molecule has 2 rings (SSSR count). The third kappa shape index (κ3) is 3.06. The van der Waals surface area contributed by atoms with Gasteiger partial charge in [0.1, 0.15) is 5.76 Å². The SMILES string of the molecule is CCC1CC(NCc2cc(C)on2)CCO1. The third-order valence-electron chi connectivity index (χ3n) is 3.07. The molecule has 0 aromatic carbocycles. The fourth-order valence-electron chi connectivity index (χ4n) is 2.10. The molecule has 2 heterocycles. The van der Waals surface area contributed by atoms with Crippen LogP contribution >= 0.6 is 0 Å². The second kappa shape index (κ2) is 5.46. The van der Waals surface area contributed by atoms with Crippen LogP contribution in [0.25, 0.3) is 0 Å². The quantitative estimate of drug-likeness (QED) is 0.850. The Morgan fingerprint density at radius 2 is 2.44 bits per heavy atom. The molecule has 1 aromatic heterocycles. The van der Waals surface area contributed by atoms with Crippen molar-refractivity contribution in [2.24, 2.45) is 0 Å². The smallest absolute Gasteiger partial charge is 0.133 e. The van der Waals surface area contributed by atoms with Crippen LogP contribution in [0.1, 0.15) is 37.6 Å². The molecule has 2 unspecified atom stereocenters. The average Bonchev–Trinajstić information content (AvgIpc) is 2.73. The second-order valence-corrected chi connectivity index (χ2v) is 4.43. The van der Waals surface area contributed by atoms with Crippen LogP contribution in [0.2, 0.25) is 0 Å². The Balaban J connectivity index is 1.77. The van der Waals surface area contributed by atoms with Crippen molar-refractivity contribution >= 4 is 0 Å². The van der Waals surface area contributed by atoms with Crippen LogP contribution in [0.15, 0.2) is 10.6 Å². The number of aryl methyl sites for hydroxylation is 1. The summed E-state index contributed by atoms with van der Waals surface area (Å²) in [6.45, 7) is 5.75. The lowest BCUT2D eigenvalue weighted by atomic mass is 10.0. The summed E-state index contributed by atoms with van der Waals surface area (Å²) in [6.07, 6.45) is 3.72. The van der Waals surface area contributed by atoms with E-state index in [4.69, 9.17) is 9.26 Å². The number of hydrogen-bond acceptors (Lipinski definition) is 4. The molecule has 4 heteroatoms. The second-order valence-electron chi connectivity index (χ2n) is 4.43. The van der Waals surface area contributed by atoms with Gasteiger partial charge < -0.3 is 14.6 Å². The first-order valence-electron chi connectivity index (χ1n) is 6.05. The minimum absolute atomic E-state index is 0.422. The molecule has 2 atom stereocenters. The molecule has 0 spiro atoms. The molecule has 4 nitrogen and oxygen atoms in total. The Hall–Kier alpha value is -0.870. The van der Waals surface area contributed by atoms with E-state index in [-0.39, 0.29) is 0 Å². The molecule has 0 saturated carbocycles. The Morgan fingerprint density at radius 3 is 3.12 bits per heavy atom. The lowest BCUT2D eigenvalue weighted by Crippen LogP contribution is -2.38. The van der Waals surface area contributed by atoms with E-state index in [1.807, 2.05) is 13.0 Å². The summed E-state index contributed by atoms with van der Waals surface area (Å²) in [7, 11) is 0. The number of ether oxygens (including phenoxy) is 1. The zero-order valence-corrected chi connectivity index (χ0v) is 10.0. The molecule has 0 radical (unpaired) electrons. The molecular formula is C12H20N2O2. The van der Waals surface area contributed by atoms with Crippen LogP contribution in [0.4, 0.5) is 0 Å². The molecule has 1 N–H and O–H groups in total. The molecule has 0 bridgehead atoms. The van der Waals surface area contributed by atoms with Crippen LogP contribution in [0, 0.1) is 6.92 Å². The van der Waals surface area contributed by atoms with E-state index in [0.29, 0.717) is 12.1 Å². The van der Waals surface area contributed by atoms with E-state index in [1.54, 1.807) is 0 Å². The summed E-state index contributed by atoms with van der Waals surface area (Å²) in [5, 5.41) is 7.48. The van der Waals surface area contributed by atoms with Gasteiger partial charge in [0.2, 0.25) is 0 Å². The van der Waals surface area contributed by atoms with Crippen LogP contribution in [-0.4, -0.2) is 23.9 Å². The van der Waals surface area contributed by atoms with Crippen molar-refractivity contribution in [3.8, 4) is 0 Å². The number of nitrogens with one attached hydrogen (secondary N) is 1. The highest BCUT2D eigenvalue weighted by atomic mass is 16.5. The van der Waals surface area contributed by atoms with Gasteiger partial charge in [0.25, 0.3) is 0 Å². The highest BCUT2D eigenvalue weighted by molar-refractivity contribution is 5.03. The van der Waals surface area contributed by atoms with Crippen LogP contribution in [0.5, 0.6) is 0 Å². The molecule has 1 aliphatic heterocycles. The maximum atomic E-state index is 5.64. The fraction of sp³-hybridized carbons (Fsp3) is 0.750. The van der Waals surface area contributed by atoms with E-state index in [2.05, 4.69) is 17.4 Å². The van der Waals surface area contributed by atoms with Gasteiger partial charge >= 0.3 is 0 Å². The Morgan fingerprint density at radius 1 is 1.56 bits per heavy atom. The van der Waals surface area contributed by atoms with Crippen molar-refractivity contribution in [2.75, 3.05) is 6.61 Å². The largest absolute Gasteiger partial charge is 0.378 e. The Kier molecular flexibility index (Phi) is 3.96. The van der Waals surface area contributed by atoms with Crippen LogP contribution < -0.4 is 5.32 Å². The topological polar surface area (TPSA) is 47.3 Å². The Labute approximate surface area is 96.3 Å². The number of nitrogens with zero attached hydrogens (tertiary/aromatic N) is 1. The van der Waals surface area contributed by atoms with Gasteiger partial charge in [0, 0.05) is 25.3 Å². The monoisotopic (exact) mass is 224 g/mol. The van der Waals surface area contributed by atoms with Gasteiger partial charge in [-0.3, -0.25) is 0 Å². The number of aromatic nitrogens is 1. The zero-order valence-electron chi connectivity index (χ0n) is 10.0. The van der Waals surface area contributed by atoms with Gasteiger partial charge in [0.15, 0.2) is 0 Å². The molecule has 16 heavy (non-hydrogen) atoms. The van der Waals surface area contributed by atoms with Gasteiger partial charge in [-0.05, 0) is 26.2 Å². The minimum Gasteiger partial charge on any atom is -0.378 e. The average molecular weight is 224 g/mol. The highest BCUT2D eigenvalue weighted by Crippen LogP contribution is 2.16. The van der Waals surface area contributed by atoms with E-state index in [1.165, 1.54) is 0 Å². The van der Waals surface area contributed by atoms with E-state index < -0.39 is 0 Å². The molecule has 0 amide bonds. The molecule has 0 aliphatic carbocycles. The molecule has 1 fully saturated rings. The lowest BCUT2D eigenvalue weighted by molar-refractivity contribution is -0.000398. The first-order valence-corrected chi connectivity index (χ1v) is 6.05. The maximum absolute atomic E-state index is 5.64. The number of rotatable bonds is 4. The van der Waals surface area contributed by atoms with Gasteiger partial charge in [-0.15, -0.1) is 0 Å². The van der Waals surface area contributed by atoms with E-state index in [0.717, 1.165) is 43.9 Å². The summed E-state index contributed by atoms with van der Waals surface area (Å²) in [6, 6.07) is 2.53. The van der Waals surface area contributed by atoms with Crippen molar-refractivity contribution in [1.82, 2.24) is 10.5 Å². The summed E-state index contributed by atoms with van der Waals surface area (Å²) in [4.78, 5) is 0. The third-order valence-corrected chi connectivity index (χ3v) is 3.07. The van der Waals surface area contributed by atoms with Gasteiger partial charge in [-0.2, -0.15) is 0 Å². The molecule has 1 aromatic rings. The van der Waals surface area contributed by atoms with Crippen LogP contribution in [-0.2, 0) is 11.3 Å². The predicted octanol–water partition coefficient (Wildman–Crippen LogP) is 2.03. The normalized spacial score (nSPS) is 25.9. The van der Waals surface area contributed by atoms with Crippen LogP contribution in [0.3, 0.4) is 0 Å². The van der Waals surface area contributed by atoms with E-state index in [9.17, 15) is 0 Å². The first-order chi connectivity index (χ1) is 7.78. The van der Waals surface area contributed by atoms with Crippen molar-refractivity contribution in [3.05, 3.63) is 17.5 Å². The van der Waals surface area contributed by atoms with Crippen molar-refractivity contribution in [3.63, 3.8) is 0 Å². The summed E-state index contributed by atoms with van der Waals surface area (Å²) in [5.41, 5.74) is 0.983. The predicted molar refractivity (Wildman–Crippen MR) is 61.1 cm³/mol. The zero-order chi connectivity index (χ0) is 11.4. The summed E-state index contributed by atoms with van der Waals surface area (Å²) >= 11 is 0. The van der Waals surface area contributed by atoms with Gasteiger partial charge in [-0.1, -0.05) is 12.1 Å². The molecule has 90 valence electrons. The molecular weight excluding hydrogens is 204 g/mol. The first kappa shape index (κ1) is 11.6.